The fourth-order valence-corrected chi connectivity index (χ4v) is 1.31. The normalized spacial score (nSPS) is 10.3. The Morgan fingerprint density at radius 3 is 1.73 bits per heavy atom. The van der Waals surface area contributed by atoms with Crippen LogP contribution in [0.5, 0.6) is 17.2 Å². The molecule has 0 aromatic heterocycles. The molecule has 1 rings (SSSR count). The van der Waals surface area contributed by atoms with Crippen molar-refractivity contribution in [3.05, 3.63) is 17.7 Å². The highest BCUT2D eigenvalue weighted by atomic mass is 16.5. The summed E-state index contributed by atoms with van der Waals surface area (Å²) >= 11 is 0. The molecule has 0 bridgehead atoms. The molecule has 0 saturated carbocycles. The van der Waals surface area contributed by atoms with E-state index in [1.54, 1.807) is 33.5 Å². The molecule has 0 atom stereocenters. The van der Waals surface area contributed by atoms with Gasteiger partial charge in [-0.25, -0.2) is 0 Å². The van der Waals surface area contributed by atoms with Gasteiger partial charge < -0.3 is 25.7 Å². The number of nitrogens with two attached hydrogens (primary N) is 2. The van der Waals surface area contributed by atoms with Crippen LogP contribution in [0.25, 0.3) is 0 Å². The molecule has 5 heteroatoms. The second-order valence-corrected chi connectivity index (χ2v) is 2.97. The van der Waals surface area contributed by atoms with Crippen molar-refractivity contribution >= 4 is 0 Å². The van der Waals surface area contributed by atoms with Crippen LogP contribution in [0.4, 0.5) is 0 Å². The second kappa shape index (κ2) is 4.86. The molecular formula is C10H16N2O3. The fraction of sp³-hybridized carbons (Fsp3) is 0.400. The van der Waals surface area contributed by atoms with Crippen LogP contribution < -0.4 is 25.7 Å². The van der Waals surface area contributed by atoms with Crippen molar-refractivity contribution in [3.63, 3.8) is 0 Å². The van der Waals surface area contributed by atoms with E-state index in [9.17, 15) is 0 Å². The molecule has 0 amide bonds. The van der Waals surface area contributed by atoms with Crippen molar-refractivity contribution in [2.45, 2.75) is 6.17 Å². The molecule has 1 aromatic carbocycles. The predicted octanol–water partition coefficient (Wildman–Crippen LogP) is 0.628. The van der Waals surface area contributed by atoms with Crippen molar-refractivity contribution in [3.8, 4) is 17.2 Å². The third-order valence-corrected chi connectivity index (χ3v) is 2.10. The maximum absolute atomic E-state index is 5.61. The molecule has 84 valence electrons. The monoisotopic (exact) mass is 212 g/mol. The van der Waals surface area contributed by atoms with Crippen molar-refractivity contribution < 1.29 is 14.2 Å². The van der Waals surface area contributed by atoms with Crippen LogP contribution >= 0.6 is 0 Å². The van der Waals surface area contributed by atoms with E-state index in [1.165, 1.54) is 0 Å². The van der Waals surface area contributed by atoms with Gasteiger partial charge in [0.05, 0.1) is 27.5 Å². The zero-order valence-electron chi connectivity index (χ0n) is 9.11. The van der Waals surface area contributed by atoms with Gasteiger partial charge in [-0.15, -0.1) is 0 Å². The smallest absolute Gasteiger partial charge is 0.164 e. The van der Waals surface area contributed by atoms with Crippen molar-refractivity contribution in [2.75, 3.05) is 21.3 Å². The summed E-state index contributed by atoms with van der Waals surface area (Å²) in [4.78, 5) is 0. The van der Waals surface area contributed by atoms with Gasteiger partial charge in [0.2, 0.25) is 0 Å². The third-order valence-electron chi connectivity index (χ3n) is 2.10. The van der Waals surface area contributed by atoms with Crippen LogP contribution in [0.15, 0.2) is 12.1 Å². The first-order valence-corrected chi connectivity index (χ1v) is 4.45. The van der Waals surface area contributed by atoms with Crippen molar-refractivity contribution in [1.29, 1.82) is 0 Å². The number of hydrogen-bond acceptors (Lipinski definition) is 5. The van der Waals surface area contributed by atoms with E-state index in [-0.39, 0.29) is 0 Å². The summed E-state index contributed by atoms with van der Waals surface area (Å²) in [6.07, 6.45) is -0.611. The Morgan fingerprint density at radius 2 is 1.33 bits per heavy atom. The highest BCUT2D eigenvalue weighted by Gasteiger charge is 2.14. The van der Waals surface area contributed by atoms with Crippen molar-refractivity contribution in [1.82, 2.24) is 0 Å². The highest BCUT2D eigenvalue weighted by molar-refractivity contribution is 5.51. The average Bonchev–Trinajstić information content (AvgIpc) is 2.26. The molecule has 0 fully saturated rings. The van der Waals surface area contributed by atoms with Gasteiger partial charge in [0.1, 0.15) is 5.75 Å². The SMILES string of the molecule is COc1cc(OC)c(C(N)N)cc1OC. The Hall–Kier alpha value is -1.46. The molecule has 0 unspecified atom stereocenters. The molecule has 0 spiro atoms. The van der Waals surface area contributed by atoms with Crippen LogP contribution in [0.3, 0.4) is 0 Å². The van der Waals surface area contributed by atoms with Crippen molar-refractivity contribution in [2.24, 2.45) is 11.5 Å². The first kappa shape index (κ1) is 11.6. The summed E-state index contributed by atoms with van der Waals surface area (Å²) in [6, 6.07) is 3.41. The zero-order valence-corrected chi connectivity index (χ0v) is 9.11. The molecule has 0 aliphatic rings. The lowest BCUT2D eigenvalue weighted by Gasteiger charge is -2.15. The number of methoxy groups -OCH3 is 3. The first-order valence-electron chi connectivity index (χ1n) is 4.45. The van der Waals surface area contributed by atoms with Gasteiger partial charge in [-0.2, -0.15) is 0 Å². The topological polar surface area (TPSA) is 79.7 Å². The third kappa shape index (κ3) is 2.31. The molecule has 1 aromatic rings. The van der Waals surface area contributed by atoms with E-state index >= 15 is 0 Å². The predicted molar refractivity (Wildman–Crippen MR) is 57.2 cm³/mol. The summed E-state index contributed by atoms with van der Waals surface area (Å²) in [7, 11) is 4.66. The molecule has 0 aliphatic heterocycles. The van der Waals surface area contributed by atoms with Crippen LogP contribution in [-0.2, 0) is 0 Å². The summed E-state index contributed by atoms with van der Waals surface area (Å²) in [5.41, 5.74) is 11.9. The van der Waals surface area contributed by atoms with E-state index in [0.29, 0.717) is 22.8 Å². The van der Waals surface area contributed by atoms with Gasteiger partial charge in [-0.1, -0.05) is 0 Å². The lowest BCUT2D eigenvalue weighted by atomic mass is 10.1. The van der Waals surface area contributed by atoms with Crippen LogP contribution in [0, 0.1) is 0 Å². The fourth-order valence-electron chi connectivity index (χ4n) is 1.31. The summed E-state index contributed by atoms with van der Waals surface area (Å²) in [6.45, 7) is 0. The highest BCUT2D eigenvalue weighted by Crippen LogP contribution is 2.35. The molecule has 0 heterocycles. The second-order valence-electron chi connectivity index (χ2n) is 2.97. The van der Waals surface area contributed by atoms with Gasteiger partial charge in [0.25, 0.3) is 0 Å². The lowest BCUT2D eigenvalue weighted by molar-refractivity contribution is 0.346. The summed E-state index contributed by atoms with van der Waals surface area (Å²) < 4.78 is 15.4. The van der Waals surface area contributed by atoms with E-state index in [2.05, 4.69) is 0 Å². The summed E-state index contributed by atoms with van der Waals surface area (Å²) in [5.74, 6) is 1.75. The minimum Gasteiger partial charge on any atom is -0.496 e. The standard InChI is InChI=1S/C10H16N2O3/c1-13-7-5-9(15-3)8(14-2)4-6(7)10(11)12/h4-5,10H,11-12H2,1-3H3. The quantitative estimate of drug-likeness (QED) is 0.715. The maximum Gasteiger partial charge on any atom is 0.164 e. The van der Waals surface area contributed by atoms with Crippen LogP contribution in [0.2, 0.25) is 0 Å². The number of hydrogen-bond donors (Lipinski definition) is 2. The van der Waals surface area contributed by atoms with Crippen LogP contribution in [0.1, 0.15) is 11.7 Å². The Kier molecular flexibility index (Phi) is 3.76. The molecule has 5 nitrogen and oxygen atoms in total. The molecular weight excluding hydrogens is 196 g/mol. The van der Waals surface area contributed by atoms with Gasteiger partial charge in [-0.3, -0.25) is 0 Å². The minimum atomic E-state index is -0.611. The Balaban J connectivity index is 3.27. The van der Waals surface area contributed by atoms with Gasteiger partial charge in [0.15, 0.2) is 11.5 Å². The van der Waals surface area contributed by atoms with Crippen LogP contribution in [-0.4, -0.2) is 21.3 Å². The number of benzene rings is 1. The van der Waals surface area contributed by atoms with Gasteiger partial charge >= 0.3 is 0 Å². The summed E-state index contributed by atoms with van der Waals surface area (Å²) in [5, 5.41) is 0. The number of ether oxygens (including phenoxy) is 3. The number of rotatable bonds is 4. The van der Waals surface area contributed by atoms with E-state index in [1.807, 2.05) is 0 Å². The maximum atomic E-state index is 5.61. The Morgan fingerprint density at radius 1 is 0.867 bits per heavy atom. The molecule has 0 radical (unpaired) electrons. The average molecular weight is 212 g/mol. The Labute approximate surface area is 88.9 Å². The largest absolute Gasteiger partial charge is 0.496 e. The molecule has 0 saturated heterocycles. The molecule has 15 heavy (non-hydrogen) atoms. The van der Waals surface area contributed by atoms with E-state index < -0.39 is 6.17 Å². The lowest BCUT2D eigenvalue weighted by Crippen LogP contribution is -2.21. The zero-order chi connectivity index (χ0) is 11.4. The van der Waals surface area contributed by atoms with E-state index in [0.717, 1.165) is 0 Å². The molecule has 4 N–H and O–H groups in total. The van der Waals surface area contributed by atoms with Gasteiger partial charge in [-0.05, 0) is 6.07 Å². The van der Waals surface area contributed by atoms with E-state index in [4.69, 9.17) is 25.7 Å². The minimum absolute atomic E-state index is 0.578. The molecule has 0 aliphatic carbocycles. The first-order chi connectivity index (χ1) is 7.13. The Bertz CT molecular complexity index is 340. The van der Waals surface area contributed by atoms with Gasteiger partial charge in [0, 0.05) is 11.6 Å².